The summed E-state index contributed by atoms with van der Waals surface area (Å²) in [7, 11) is 3.42. The first-order chi connectivity index (χ1) is 26.1. The van der Waals surface area contributed by atoms with Crippen LogP contribution < -0.4 is 26.0 Å². The van der Waals surface area contributed by atoms with Crippen LogP contribution in [-0.2, 0) is 26.7 Å². The van der Waals surface area contributed by atoms with Crippen LogP contribution in [0.25, 0.3) is 10.8 Å². The van der Waals surface area contributed by atoms with E-state index in [-0.39, 0.29) is 17.4 Å². The second-order valence-corrected chi connectivity index (χ2v) is 13.0. The summed E-state index contributed by atoms with van der Waals surface area (Å²) in [5, 5.41) is 18.2. The zero-order valence-electron chi connectivity index (χ0n) is 31.3. The van der Waals surface area contributed by atoms with E-state index < -0.39 is 0 Å². The number of nitrogens with one attached hydrogen (secondary N) is 4. The molecule has 3 aromatic carbocycles. The number of methoxy groups -OCH3 is 1. The molecule has 54 heavy (non-hydrogen) atoms. The minimum absolute atomic E-state index is 0.113. The van der Waals surface area contributed by atoms with Gasteiger partial charge in [0.1, 0.15) is 23.1 Å². The van der Waals surface area contributed by atoms with Crippen LogP contribution in [0, 0.1) is 12.3 Å². The van der Waals surface area contributed by atoms with Gasteiger partial charge < -0.3 is 34.9 Å². The highest BCUT2D eigenvalue weighted by atomic mass is 16.5. The summed E-state index contributed by atoms with van der Waals surface area (Å²) >= 11 is 0. The summed E-state index contributed by atoms with van der Waals surface area (Å²) < 4.78 is 23.8. The average Bonchev–Trinajstić information content (AvgIpc) is 3.55. The van der Waals surface area contributed by atoms with Gasteiger partial charge in [-0.1, -0.05) is 51.0 Å². The highest BCUT2D eigenvalue weighted by Gasteiger charge is 2.23. The lowest BCUT2D eigenvalue weighted by Crippen LogP contribution is -2.27. The Kier molecular flexibility index (Phi) is 13.6. The Morgan fingerprint density at radius 2 is 1.67 bits per heavy atom. The van der Waals surface area contributed by atoms with Crippen molar-refractivity contribution in [3.63, 3.8) is 0 Å². The van der Waals surface area contributed by atoms with Crippen molar-refractivity contribution >= 4 is 45.7 Å². The summed E-state index contributed by atoms with van der Waals surface area (Å²) in [6, 6.07) is 21.4. The highest BCUT2D eigenvalue weighted by molar-refractivity contribution is 6.07. The van der Waals surface area contributed by atoms with Gasteiger partial charge in [0, 0.05) is 72.0 Å². The molecule has 282 valence electrons. The van der Waals surface area contributed by atoms with Crippen LogP contribution >= 0.6 is 0 Å². The first-order valence-corrected chi connectivity index (χ1v) is 17.7. The second kappa shape index (κ2) is 18.7. The number of carbonyl (C=O) groups is 2. The van der Waals surface area contributed by atoms with Gasteiger partial charge in [-0.3, -0.25) is 14.8 Å². The Balaban J connectivity index is 1.23. The lowest BCUT2D eigenvalue weighted by atomic mass is 9.87. The van der Waals surface area contributed by atoms with E-state index in [1.165, 1.54) is 0 Å². The van der Waals surface area contributed by atoms with Crippen LogP contribution in [0.5, 0.6) is 11.5 Å². The van der Waals surface area contributed by atoms with E-state index in [0.29, 0.717) is 85.2 Å². The molecule has 0 unspecified atom stereocenters. The van der Waals surface area contributed by atoms with Crippen LogP contribution in [0.2, 0.25) is 0 Å². The number of rotatable bonds is 18. The van der Waals surface area contributed by atoms with E-state index in [4.69, 9.17) is 25.4 Å². The fourth-order valence-corrected chi connectivity index (χ4v) is 5.37. The number of hydrogen-bond acceptors (Lipinski definition) is 9. The van der Waals surface area contributed by atoms with Gasteiger partial charge in [-0.25, -0.2) is 9.78 Å². The number of nitrogens with zero attached hydrogens (tertiary/aromatic N) is 3. The van der Waals surface area contributed by atoms with E-state index in [9.17, 15) is 9.59 Å². The SMILES string of the molecule is C#Cc1cc(Nc2cc(Oc3ccc(NC(=O)Nc4cc(C(C)(C)CC)nn4C)c4ccccc34)ccn2)cc(C(=O)NCCOCCOCCOC)c1. The summed E-state index contributed by atoms with van der Waals surface area (Å²) in [6.45, 7) is 8.92. The minimum Gasteiger partial charge on any atom is -0.457 e. The van der Waals surface area contributed by atoms with Crippen molar-refractivity contribution < 1.29 is 28.5 Å². The van der Waals surface area contributed by atoms with Crippen molar-refractivity contribution in [3.05, 3.63) is 95.8 Å². The molecule has 0 aliphatic carbocycles. The number of carbonyl (C=O) groups excluding carboxylic acids is 2. The van der Waals surface area contributed by atoms with Gasteiger partial charge in [-0.15, -0.1) is 6.42 Å². The number of fused-ring (bicyclic) bond motifs is 1. The standard InChI is InChI=1S/C41H47N7O6/c1-7-28-23-29(39(49)43-17-18-52-21-22-53-20-19-51-6)25-30(24-28)44-37-26-31(15-16-42-37)54-35-14-13-34(32-11-9-10-12-33(32)35)45-40(50)46-38-27-36(47-48(38)5)41(3,4)8-2/h1,9-16,23-27H,8,17-22H2,2-6H3,(H,42,44)(H,43,49)(H2,45,46,50). The van der Waals surface area contributed by atoms with Gasteiger partial charge in [-0.2, -0.15) is 5.10 Å². The zero-order valence-corrected chi connectivity index (χ0v) is 31.3. The van der Waals surface area contributed by atoms with Crippen molar-refractivity contribution in [2.75, 3.05) is 62.6 Å². The molecule has 5 rings (SSSR count). The van der Waals surface area contributed by atoms with Crippen LogP contribution in [0.1, 0.15) is 48.8 Å². The minimum atomic E-state index is -0.387. The number of pyridine rings is 1. The van der Waals surface area contributed by atoms with Crippen molar-refractivity contribution in [2.45, 2.75) is 32.6 Å². The summed E-state index contributed by atoms with van der Waals surface area (Å²) in [6.07, 6.45) is 8.25. The molecule has 0 atom stereocenters. The molecule has 5 aromatic rings. The normalized spacial score (nSPS) is 11.2. The second-order valence-electron chi connectivity index (χ2n) is 13.0. The number of terminal acetylenes is 1. The first kappa shape index (κ1) is 39.3. The van der Waals surface area contributed by atoms with Crippen molar-refractivity contribution in [2.24, 2.45) is 7.05 Å². The monoisotopic (exact) mass is 733 g/mol. The van der Waals surface area contributed by atoms with E-state index >= 15 is 0 Å². The lowest BCUT2D eigenvalue weighted by molar-refractivity contribution is 0.0255. The number of anilines is 4. The molecule has 2 aromatic heterocycles. The van der Waals surface area contributed by atoms with Crippen LogP contribution in [0.4, 0.5) is 27.8 Å². The van der Waals surface area contributed by atoms with Crippen LogP contribution in [0.15, 0.2) is 79.0 Å². The molecule has 0 saturated carbocycles. The summed E-state index contributed by atoms with van der Waals surface area (Å²) in [5.41, 5.74) is 2.92. The van der Waals surface area contributed by atoms with Crippen molar-refractivity contribution in [1.29, 1.82) is 0 Å². The number of aromatic nitrogens is 3. The molecule has 2 heterocycles. The Bertz CT molecular complexity index is 2110. The molecule has 13 heteroatoms. The molecule has 0 radical (unpaired) electrons. The molecule has 0 bridgehead atoms. The van der Waals surface area contributed by atoms with E-state index in [0.717, 1.165) is 22.9 Å². The number of ether oxygens (including phenoxy) is 4. The third-order valence-electron chi connectivity index (χ3n) is 8.76. The van der Waals surface area contributed by atoms with Gasteiger partial charge >= 0.3 is 6.03 Å². The Labute approximate surface area is 315 Å². The van der Waals surface area contributed by atoms with Crippen molar-refractivity contribution in [3.8, 4) is 23.8 Å². The third-order valence-corrected chi connectivity index (χ3v) is 8.76. The number of benzene rings is 3. The van der Waals surface area contributed by atoms with E-state index in [1.54, 1.807) is 67.5 Å². The predicted octanol–water partition coefficient (Wildman–Crippen LogP) is 7.23. The summed E-state index contributed by atoms with van der Waals surface area (Å²) in [4.78, 5) is 30.5. The maximum Gasteiger partial charge on any atom is 0.324 e. The van der Waals surface area contributed by atoms with E-state index in [2.05, 4.69) is 58.0 Å². The molecule has 0 aliphatic heterocycles. The molecule has 0 saturated heterocycles. The highest BCUT2D eigenvalue weighted by Crippen LogP contribution is 2.35. The van der Waals surface area contributed by atoms with Gasteiger partial charge in [0.15, 0.2) is 0 Å². The predicted molar refractivity (Wildman–Crippen MR) is 211 cm³/mol. The molecule has 3 amide bonds. The number of aryl methyl sites for hydroxylation is 1. The number of amides is 3. The Morgan fingerprint density at radius 1 is 0.907 bits per heavy atom. The smallest absolute Gasteiger partial charge is 0.324 e. The number of hydrogen-bond donors (Lipinski definition) is 4. The fourth-order valence-electron chi connectivity index (χ4n) is 5.37. The largest absolute Gasteiger partial charge is 0.457 e. The molecular formula is C41H47N7O6. The Morgan fingerprint density at radius 3 is 2.43 bits per heavy atom. The van der Waals surface area contributed by atoms with Crippen LogP contribution in [-0.4, -0.2) is 73.4 Å². The Hall–Kier alpha value is -5.94. The molecule has 13 nitrogen and oxygen atoms in total. The average molecular weight is 734 g/mol. The quantitative estimate of drug-likeness (QED) is 0.0541. The molecular weight excluding hydrogens is 686 g/mol. The molecule has 0 fully saturated rings. The molecule has 4 N–H and O–H groups in total. The zero-order chi connectivity index (χ0) is 38.5. The molecule has 0 spiro atoms. The van der Waals surface area contributed by atoms with Gasteiger partial charge in [0.2, 0.25) is 0 Å². The molecule has 0 aliphatic rings. The lowest BCUT2D eigenvalue weighted by Gasteiger charge is -2.19. The van der Waals surface area contributed by atoms with Crippen molar-refractivity contribution in [1.82, 2.24) is 20.1 Å². The fraction of sp³-hybridized carbons (Fsp3) is 0.317. The van der Waals surface area contributed by atoms with Gasteiger partial charge in [0.25, 0.3) is 5.91 Å². The number of urea groups is 1. The van der Waals surface area contributed by atoms with Crippen LogP contribution in [0.3, 0.4) is 0 Å². The topological polar surface area (TPSA) is 150 Å². The third kappa shape index (κ3) is 10.6. The first-order valence-electron chi connectivity index (χ1n) is 17.7. The van der Waals surface area contributed by atoms with Gasteiger partial charge in [-0.05, 0) is 42.8 Å². The van der Waals surface area contributed by atoms with Gasteiger partial charge in [0.05, 0.1) is 44.4 Å². The summed E-state index contributed by atoms with van der Waals surface area (Å²) in [5.74, 6) is 4.50. The maximum absolute atomic E-state index is 13.1. The van der Waals surface area contributed by atoms with E-state index in [1.807, 2.05) is 30.3 Å². The maximum atomic E-state index is 13.1.